The number of hydrogen-bond acceptors (Lipinski definition) is 2. The van der Waals surface area contributed by atoms with Crippen molar-refractivity contribution in [3.05, 3.63) is 64.6 Å². The van der Waals surface area contributed by atoms with Crippen molar-refractivity contribution in [2.24, 2.45) is 0 Å². The average Bonchev–Trinajstić information content (AvgIpc) is 2.39. The number of anilines is 1. The van der Waals surface area contributed by atoms with Crippen molar-refractivity contribution in [1.82, 2.24) is 5.32 Å². The van der Waals surface area contributed by atoms with E-state index >= 15 is 0 Å². The SMILES string of the molecule is O=C(NC(=S)Nc1cccc(Br)c1)c1ccccc1. The molecule has 0 saturated heterocycles. The summed E-state index contributed by atoms with van der Waals surface area (Å²) < 4.78 is 0.940. The first-order chi connectivity index (χ1) is 9.15. The van der Waals surface area contributed by atoms with Crippen LogP contribution in [0.25, 0.3) is 0 Å². The Morgan fingerprint density at radius 1 is 1.05 bits per heavy atom. The van der Waals surface area contributed by atoms with E-state index in [9.17, 15) is 4.79 Å². The van der Waals surface area contributed by atoms with E-state index in [0.717, 1.165) is 10.2 Å². The zero-order chi connectivity index (χ0) is 13.7. The second-order valence-corrected chi connectivity index (χ2v) is 5.11. The lowest BCUT2D eigenvalue weighted by molar-refractivity contribution is 0.0978. The third kappa shape index (κ3) is 4.15. The normalized spacial score (nSPS) is 9.74. The molecule has 0 heterocycles. The Bertz CT molecular complexity index is 601. The lowest BCUT2D eigenvalue weighted by atomic mass is 10.2. The van der Waals surface area contributed by atoms with Crippen molar-refractivity contribution in [3.8, 4) is 0 Å². The van der Waals surface area contributed by atoms with Crippen molar-refractivity contribution in [1.29, 1.82) is 0 Å². The minimum atomic E-state index is -0.229. The van der Waals surface area contributed by atoms with Crippen LogP contribution in [-0.2, 0) is 0 Å². The second-order valence-electron chi connectivity index (χ2n) is 3.78. The summed E-state index contributed by atoms with van der Waals surface area (Å²) in [5.41, 5.74) is 1.38. The molecule has 0 aromatic heterocycles. The van der Waals surface area contributed by atoms with Crippen molar-refractivity contribution < 1.29 is 4.79 Å². The largest absolute Gasteiger partial charge is 0.332 e. The van der Waals surface area contributed by atoms with Crippen LogP contribution in [0, 0.1) is 0 Å². The van der Waals surface area contributed by atoms with E-state index in [1.807, 2.05) is 30.3 Å². The molecule has 0 bridgehead atoms. The maximum atomic E-state index is 11.9. The minimum absolute atomic E-state index is 0.229. The molecule has 0 fully saturated rings. The number of thiocarbonyl (C=S) groups is 1. The smallest absolute Gasteiger partial charge is 0.257 e. The fraction of sp³-hybridized carbons (Fsp3) is 0. The Hall–Kier alpha value is -1.72. The Balaban J connectivity index is 1.97. The molecule has 0 aliphatic heterocycles. The van der Waals surface area contributed by atoms with Crippen molar-refractivity contribution >= 4 is 44.9 Å². The predicted octanol–water partition coefficient (Wildman–Crippen LogP) is 3.58. The molecule has 2 aromatic carbocycles. The Kier molecular flexibility index (Phi) is 4.65. The van der Waals surface area contributed by atoms with E-state index in [1.165, 1.54) is 0 Å². The number of nitrogens with one attached hydrogen (secondary N) is 2. The third-order valence-electron chi connectivity index (χ3n) is 2.35. The van der Waals surface area contributed by atoms with Gasteiger partial charge in [-0.15, -0.1) is 0 Å². The van der Waals surface area contributed by atoms with E-state index < -0.39 is 0 Å². The van der Waals surface area contributed by atoms with Crippen LogP contribution in [0.4, 0.5) is 5.69 Å². The minimum Gasteiger partial charge on any atom is -0.332 e. The first kappa shape index (κ1) is 13.7. The first-order valence-electron chi connectivity index (χ1n) is 5.58. The summed E-state index contributed by atoms with van der Waals surface area (Å²) in [6.07, 6.45) is 0. The molecule has 2 rings (SSSR count). The highest BCUT2D eigenvalue weighted by Gasteiger charge is 2.06. The third-order valence-corrected chi connectivity index (χ3v) is 3.04. The molecule has 0 aliphatic rings. The van der Waals surface area contributed by atoms with Crippen LogP contribution in [0.3, 0.4) is 0 Å². The highest BCUT2D eigenvalue weighted by Crippen LogP contribution is 2.15. The summed E-state index contributed by atoms with van der Waals surface area (Å²) in [5.74, 6) is -0.229. The molecule has 0 aliphatic carbocycles. The van der Waals surface area contributed by atoms with Gasteiger partial charge in [0.15, 0.2) is 5.11 Å². The van der Waals surface area contributed by atoms with Crippen molar-refractivity contribution in [2.75, 3.05) is 5.32 Å². The van der Waals surface area contributed by atoms with Gasteiger partial charge < -0.3 is 5.32 Å². The van der Waals surface area contributed by atoms with Crippen LogP contribution in [0.1, 0.15) is 10.4 Å². The monoisotopic (exact) mass is 334 g/mol. The van der Waals surface area contributed by atoms with E-state index in [1.54, 1.807) is 24.3 Å². The van der Waals surface area contributed by atoms with Crippen LogP contribution in [0.5, 0.6) is 0 Å². The number of carbonyl (C=O) groups is 1. The van der Waals surface area contributed by atoms with Crippen LogP contribution in [-0.4, -0.2) is 11.0 Å². The summed E-state index contributed by atoms with van der Waals surface area (Å²) >= 11 is 8.47. The van der Waals surface area contributed by atoms with Gasteiger partial charge in [0.1, 0.15) is 0 Å². The van der Waals surface area contributed by atoms with Crippen LogP contribution >= 0.6 is 28.1 Å². The number of benzene rings is 2. The zero-order valence-electron chi connectivity index (χ0n) is 9.89. The number of halogens is 1. The van der Waals surface area contributed by atoms with Gasteiger partial charge in [0, 0.05) is 15.7 Å². The number of hydrogen-bond donors (Lipinski definition) is 2. The molecule has 0 saturated carbocycles. The van der Waals surface area contributed by atoms with Crippen LogP contribution in [0.2, 0.25) is 0 Å². The van der Waals surface area contributed by atoms with Gasteiger partial charge in [-0.1, -0.05) is 40.2 Å². The second kappa shape index (κ2) is 6.45. The molecular weight excluding hydrogens is 324 g/mol. The molecule has 3 nitrogen and oxygen atoms in total. The molecular formula is C14H11BrN2OS. The molecule has 19 heavy (non-hydrogen) atoms. The first-order valence-corrected chi connectivity index (χ1v) is 6.78. The molecule has 0 unspecified atom stereocenters. The van der Waals surface area contributed by atoms with Gasteiger partial charge in [0.05, 0.1) is 0 Å². The Morgan fingerprint density at radius 2 is 1.79 bits per heavy atom. The lowest BCUT2D eigenvalue weighted by Crippen LogP contribution is -2.34. The summed E-state index contributed by atoms with van der Waals surface area (Å²) in [5, 5.41) is 5.85. The molecule has 2 N–H and O–H groups in total. The Labute approximate surface area is 125 Å². The average molecular weight is 335 g/mol. The Morgan fingerprint density at radius 3 is 2.47 bits per heavy atom. The molecule has 0 spiro atoms. The fourth-order valence-electron chi connectivity index (χ4n) is 1.49. The summed E-state index contributed by atoms with van der Waals surface area (Å²) in [4.78, 5) is 11.9. The fourth-order valence-corrected chi connectivity index (χ4v) is 2.10. The van der Waals surface area contributed by atoms with Gasteiger partial charge in [-0.05, 0) is 42.5 Å². The van der Waals surface area contributed by atoms with Crippen LogP contribution < -0.4 is 10.6 Å². The van der Waals surface area contributed by atoms with Crippen molar-refractivity contribution in [2.45, 2.75) is 0 Å². The van der Waals surface area contributed by atoms with E-state index in [2.05, 4.69) is 26.6 Å². The standard InChI is InChI=1S/C14H11BrN2OS/c15-11-7-4-8-12(9-11)16-14(19)17-13(18)10-5-2-1-3-6-10/h1-9H,(H2,16,17,18,19). The summed E-state index contributed by atoms with van der Waals surface area (Å²) in [7, 11) is 0. The lowest BCUT2D eigenvalue weighted by Gasteiger charge is -2.09. The van der Waals surface area contributed by atoms with Gasteiger partial charge in [0.25, 0.3) is 5.91 Å². The van der Waals surface area contributed by atoms with Gasteiger partial charge in [0.2, 0.25) is 0 Å². The molecule has 5 heteroatoms. The summed E-state index contributed by atoms with van der Waals surface area (Å²) in [6.45, 7) is 0. The van der Waals surface area contributed by atoms with Gasteiger partial charge in [-0.2, -0.15) is 0 Å². The maximum Gasteiger partial charge on any atom is 0.257 e. The number of amides is 1. The number of carbonyl (C=O) groups excluding carboxylic acids is 1. The highest BCUT2D eigenvalue weighted by atomic mass is 79.9. The van der Waals surface area contributed by atoms with Gasteiger partial charge >= 0.3 is 0 Å². The zero-order valence-corrected chi connectivity index (χ0v) is 12.3. The van der Waals surface area contributed by atoms with Crippen LogP contribution in [0.15, 0.2) is 59.1 Å². The number of rotatable bonds is 2. The van der Waals surface area contributed by atoms with E-state index in [0.29, 0.717) is 5.56 Å². The molecule has 96 valence electrons. The van der Waals surface area contributed by atoms with Gasteiger partial charge in [-0.3, -0.25) is 10.1 Å². The van der Waals surface area contributed by atoms with Gasteiger partial charge in [-0.25, -0.2) is 0 Å². The van der Waals surface area contributed by atoms with Crippen molar-refractivity contribution in [3.63, 3.8) is 0 Å². The van der Waals surface area contributed by atoms with E-state index in [4.69, 9.17) is 12.2 Å². The molecule has 2 aromatic rings. The highest BCUT2D eigenvalue weighted by molar-refractivity contribution is 9.10. The topological polar surface area (TPSA) is 41.1 Å². The molecule has 1 amide bonds. The molecule has 0 atom stereocenters. The van der Waals surface area contributed by atoms with E-state index in [-0.39, 0.29) is 11.0 Å². The summed E-state index contributed by atoms with van der Waals surface area (Å²) in [6, 6.07) is 16.5. The predicted molar refractivity (Wildman–Crippen MR) is 84.3 cm³/mol. The maximum absolute atomic E-state index is 11.9. The molecule has 0 radical (unpaired) electrons. The quantitative estimate of drug-likeness (QED) is 0.825.